The van der Waals surface area contributed by atoms with Gasteiger partial charge < -0.3 is 24.6 Å². The predicted molar refractivity (Wildman–Crippen MR) is 103 cm³/mol. The molecule has 2 heterocycles. The quantitative estimate of drug-likeness (QED) is 0.822. The number of pyridine rings is 1. The molecule has 150 valence electrons. The second kappa shape index (κ2) is 9.36. The maximum atomic E-state index is 13.4. The molecular weight excluding hydrogens is 363 g/mol. The normalized spacial score (nSPS) is 13.5. The van der Waals surface area contributed by atoms with E-state index in [4.69, 9.17) is 9.47 Å². The summed E-state index contributed by atoms with van der Waals surface area (Å²) in [7, 11) is 3.96. The molecule has 0 spiro atoms. The smallest absolute Gasteiger partial charge is 0.318 e. The predicted octanol–water partition coefficient (Wildman–Crippen LogP) is 2.27. The Labute approximate surface area is 164 Å². The number of benzene rings is 1. The minimum atomic E-state index is -0.349. The second-order valence-corrected chi connectivity index (χ2v) is 6.83. The van der Waals surface area contributed by atoms with Crippen LogP contribution in [0, 0.1) is 5.82 Å². The molecule has 28 heavy (non-hydrogen) atoms. The van der Waals surface area contributed by atoms with Crippen molar-refractivity contribution in [2.45, 2.75) is 13.1 Å². The molecule has 2 amide bonds. The van der Waals surface area contributed by atoms with E-state index < -0.39 is 0 Å². The van der Waals surface area contributed by atoms with Gasteiger partial charge in [-0.2, -0.15) is 0 Å². The molecule has 0 bridgehead atoms. The first-order chi connectivity index (χ1) is 13.5. The van der Waals surface area contributed by atoms with Gasteiger partial charge in [0.05, 0.1) is 13.1 Å². The van der Waals surface area contributed by atoms with Gasteiger partial charge in [-0.3, -0.25) is 0 Å². The van der Waals surface area contributed by atoms with Crippen LogP contribution in [-0.4, -0.2) is 61.2 Å². The Bertz CT molecular complexity index is 816. The highest BCUT2D eigenvalue weighted by Crippen LogP contribution is 2.24. The lowest BCUT2D eigenvalue weighted by Crippen LogP contribution is -2.40. The van der Waals surface area contributed by atoms with Crippen LogP contribution in [0.4, 0.5) is 9.18 Å². The van der Waals surface area contributed by atoms with Crippen LogP contribution < -0.4 is 14.8 Å². The molecule has 1 N–H and O–H groups in total. The van der Waals surface area contributed by atoms with Crippen molar-refractivity contribution in [3.63, 3.8) is 0 Å². The van der Waals surface area contributed by atoms with Crippen LogP contribution in [0.5, 0.6) is 11.6 Å². The minimum Gasteiger partial charge on any atom is -0.491 e. The molecule has 0 unspecified atom stereocenters. The number of nitrogens with zero attached hydrogens (tertiary/aromatic N) is 3. The van der Waals surface area contributed by atoms with E-state index >= 15 is 0 Å². The number of ether oxygens (including phenoxy) is 2. The maximum Gasteiger partial charge on any atom is 0.318 e. The molecule has 0 fully saturated rings. The SMILES string of the molecule is CN(C)CCOc1cc(CNC(=O)N2CCOc3cc(F)ccc3C2)ccn1. The van der Waals surface area contributed by atoms with E-state index in [1.165, 1.54) is 12.1 Å². The summed E-state index contributed by atoms with van der Waals surface area (Å²) in [6, 6.07) is 7.83. The number of urea groups is 1. The molecule has 1 aromatic carbocycles. The molecule has 3 rings (SSSR count). The topological polar surface area (TPSA) is 66.9 Å². The molecule has 2 aromatic rings. The van der Waals surface area contributed by atoms with E-state index in [0.717, 1.165) is 17.7 Å². The van der Waals surface area contributed by atoms with Crippen LogP contribution in [-0.2, 0) is 13.1 Å². The molecule has 0 radical (unpaired) electrons. The number of rotatable bonds is 6. The number of hydrogen-bond acceptors (Lipinski definition) is 5. The summed E-state index contributed by atoms with van der Waals surface area (Å²) in [5, 5.41) is 2.91. The van der Waals surface area contributed by atoms with Gasteiger partial charge in [0.25, 0.3) is 0 Å². The third-order valence-electron chi connectivity index (χ3n) is 4.33. The maximum absolute atomic E-state index is 13.4. The van der Waals surface area contributed by atoms with E-state index in [1.54, 1.807) is 17.2 Å². The van der Waals surface area contributed by atoms with Crippen molar-refractivity contribution in [3.8, 4) is 11.6 Å². The molecular formula is C20H25FN4O3. The van der Waals surface area contributed by atoms with E-state index in [-0.39, 0.29) is 11.8 Å². The van der Waals surface area contributed by atoms with E-state index in [9.17, 15) is 9.18 Å². The molecule has 7 nitrogen and oxygen atoms in total. The third-order valence-corrected chi connectivity index (χ3v) is 4.33. The molecule has 0 saturated heterocycles. The summed E-state index contributed by atoms with van der Waals surface area (Å²) in [6.45, 7) is 2.82. The Balaban J connectivity index is 1.54. The van der Waals surface area contributed by atoms with Gasteiger partial charge in [-0.1, -0.05) is 6.07 Å². The van der Waals surface area contributed by atoms with Crippen molar-refractivity contribution in [2.24, 2.45) is 0 Å². The average molecular weight is 388 g/mol. The Kier molecular flexibility index (Phi) is 6.65. The van der Waals surface area contributed by atoms with Crippen molar-refractivity contribution in [1.29, 1.82) is 0 Å². The Morgan fingerprint density at radius 2 is 2.21 bits per heavy atom. The number of likely N-dealkylation sites (N-methyl/N-ethyl adjacent to an activating group) is 1. The molecule has 1 aliphatic rings. The number of aromatic nitrogens is 1. The summed E-state index contributed by atoms with van der Waals surface area (Å²) in [5.41, 5.74) is 1.69. The highest BCUT2D eigenvalue weighted by molar-refractivity contribution is 5.74. The van der Waals surface area contributed by atoms with Crippen molar-refractivity contribution in [2.75, 3.05) is 40.4 Å². The van der Waals surface area contributed by atoms with Crippen molar-refractivity contribution in [1.82, 2.24) is 20.1 Å². The molecule has 0 saturated carbocycles. The van der Waals surface area contributed by atoms with E-state index in [0.29, 0.717) is 44.5 Å². The summed E-state index contributed by atoms with van der Waals surface area (Å²) in [6.07, 6.45) is 1.66. The largest absolute Gasteiger partial charge is 0.491 e. The monoisotopic (exact) mass is 388 g/mol. The molecule has 1 aromatic heterocycles. The first kappa shape index (κ1) is 19.9. The van der Waals surface area contributed by atoms with Crippen LogP contribution in [0.3, 0.4) is 0 Å². The van der Waals surface area contributed by atoms with E-state index in [1.807, 2.05) is 31.1 Å². The van der Waals surface area contributed by atoms with Gasteiger partial charge in [-0.25, -0.2) is 14.2 Å². The fraction of sp³-hybridized carbons (Fsp3) is 0.400. The second-order valence-electron chi connectivity index (χ2n) is 6.83. The van der Waals surface area contributed by atoms with Gasteiger partial charge in [-0.15, -0.1) is 0 Å². The van der Waals surface area contributed by atoms with Gasteiger partial charge in [-0.05, 0) is 31.8 Å². The number of carbonyl (C=O) groups is 1. The van der Waals surface area contributed by atoms with Gasteiger partial charge >= 0.3 is 6.03 Å². The first-order valence-electron chi connectivity index (χ1n) is 9.18. The summed E-state index contributed by atoms with van der Waals surface area (Å²) >= 11 is 0. The Hall–Kier alpha value is -2.87. The van der Waals surface area contributed by atoms with E-state index in [2.05, 4.69) is 10.3 Å². The zero-order valence-electron chi connectivity index (χ0n) is 16.2. The van der Waals surface area contributed by atoms with Crippen LogP contribution in [0.15, 0.2) is 36.5 Å². The van der Waals surface area contributed by atoms with Crippen molar-refractivity contribution in [3.05, 3.63) is 53.5 Å². The lowest BCUT2D eigenvalue weighted by molar-refractivity contribution is 0.187. The Morgan fingerprint density at radius 3 is 3.04 bits per heavy atom. The highest BCUT2D eigenvalue weighted by Gasteiger charge is 2.20. The minimum absolute atomic E-state index is 0.201. The van der Waals surface area contributed by atoms with Gasteiger partial charge in [0.2, 0.25) is 5.88 Å². The van der Waals surface area contributed by atoms with Gasteiger partial charge in [0.1, 0.15) is 24.8 Å². The number of halogens is 1. The number of amides is 2. The van der Waals surface area contributed by atoms with Crippen molar-refractivity contribution >= 4 is 6.03 Å². The zero-order chi connectivity index (χ0) is 19.9. The number of hydrogen-bond donors (Lipinski definition) is 1. The number of fused-ring (bicyclic) bond motifs is 1. The average Bonchev–Trinajstić information content (AvgIpc) is 2.88. The molecule has 8 heteroatoms. The molecule has 1 aliphatic heterocycles. The summed E-state index contributed by atoms with van der Waals surface area (Å²) in [5.74, 6) is 0.676. The number of carbonyl (C=O) groups excluding carboxylic acids is 1. The van der Waals surface area contributed by atoms with Gasteiger partial charge in [0, 0.05) is 37.0 Å². The first-order valence-corrected chi connectivity index (χ1v) is 9.18. The molecule has 0 aliphatic carbocycles. The highest BCUT2D eigenvalue weighted by atomic mass is 19.1. The van der Waals surface area contributed by atoms with Crippen LogP contribution >= 0.6 is 0 Å². The van der Waals surface area contributed by atoms with Crippen LogP contribution in [0.2, 0.25) is 0 Å². The van der Waals surface area contributed by atoms with Gasteiger partial charge in [0.15, 0.2) is 0 Å². The lowest BCUT2D eigenvalue weighted by Gasteiger charge is -2.20. The fourth-order valence-electron chi connectivity index (χ4n) is 2.78. The lowest BCUT2D eigenvalue weighted by atomic mass is 10.2. The zero-order valence-corrected chi connectivity index (χ0v) is 16.2. The standard InChI is InChI=1S/C20H25FN4O3/c1-24(2)7-9-28-19-11-15(5-6-22-19)13-23-20(26)25-8-10-27-18-12-17(21)4-3-16(18)14-25/h3-6,11-12H,7-10,13-14H2,1-2H3,(H,23,26). The third kappa shape index (κ3) is 5.56. The fourth-order valence-corrected chi connectivity index (χ4v) is 2.78. The summed E-state index contributed by atoms with van der Waals surface area (Å²) < 4.78 is 24.5. The number of nitrogens with one attached hydrogen (secondary N) is 1. The molecule has 0 atom stereocenters. The van der Waals surface area contributed by atoms with Crippen molar-refractivity contribution < 1.29 is 18.7 Å². The summed E-state index contributed by atoms with van der Waals surface area (Å²) in [4.78, 5) is 20.4. The Morgan fingerprint density at radius 1 is 1.36 bits per heavy atom. The van der Waals surface area contributed by atoms with Crippen LogP contribution in [0.25, 0.3) is 0 Å². The van der Waals surface area contributed by atoms with Crippen LogP contribution in [0.1, 0.15) is 11.1 Å².